The molecule has 0 unspecified atom stereocenters. The summed E-state index contributed by atoms with van der Waals surface area (Å²) in [5.74, 6) is 2.46. The summed E-state index contributed by atoms with van der Waals surface area (Å²) in [7, 11) is 0. The van der Waals surface area contributed by atoms with Gasteiger partial charge in [0, 0.05) is 30.3 Å². The fourth-order valence-corrected chi connectivity index (χ4v) is 10.3. The van der Waals surface area contributed by atoms with E-state index in [9.17, 15) is 0 Å². The molecule has 0 radical (unpaired) electrons. The van der Waals surface area contributed by atoms with Crippen molar-refractivity contribution in [3.8, 4) is 19.5 Å². The molecule has 0 fully saturated rings. The molecule has 200 valence electrons. The third-order valence-corrected chi connectivity index (χ3v) is 12.6. The summed E-state index contributed by atoms with van der Waals surface area (Å²) < 4.78 is 0. The van der Waals surface area contributed by atoms with E-state index >= 15 is 0 Å². The molecule has 37 heavy (non-hydrogen) atoms. The van der Waals surface area contributed by atoms with Crippen molar-refractivity contribution >= 4 is 68.3 Å². The summed E-state index contributed by atoms with van der Waals surface area (Å²) in [6.07, 6.45) is 16.4. The van der Waals surface area contributed by atoms with Gasteiger partial charge in [0.15, 0.2) is 0 Å². The molecule has 4 rings (SSSR count). The van der Waals surface area contributed by atoms with Gasteiger partial charge < -0.3 is 0 Å². The molecule has 0 N–H and O–H groups in total. The molecule has 0 aliphatic carbocycles. The first-order chi connectivity index (χ1) is 18.3. The summed E-state index contributed by atoms with van der Waals surface area (Å²) in [4.78, 5) is 8.78. The lowest BCUT2D eigenvalue weighted by Crippen LogP contribution is -1.89. The molecule has 3 heterocycles. The number of fused-ring (bicyclic) bond motifs is 1. The summed E-state index contributed by atoms with van der Waals surface area (Å²) in [6.45, 7) is 4.60. The van der Waals surface area contributed by atoms with Crippen molar-refractivity contribution in [2.24, 2.45) is 0 Å². The van der Waals surface area contributed by atoms with Gasteiger partial charge in [-0.1, -0.05) is 96.3 Å². The molecule has 0 saturated heterocycles. The second-order valence-corrected chi connectivity index (χ2v) is 14.9. The van der Waals surface area contributed by atoms with Crippen molar-refractivity contribution in [3.05, 3.63) is 47.2 Å². The van der Waals surface area contributed by atoms with Gasteiger partial charge in [0.25, 0.3) is 0 Å². The van der Waals surface area contributed by atoms with Crippen LogP contribution in [0.1, 0.15) is 90.9 Å². The van der Waals surface area contributed by atoms with E-state index in [4.69, 9.17) is 0 Å². The summed E-state index contributed by atoms with van der Waals surface area (Å²) >= 11 is 9.99. The lowest BCUT2D eigenvalue weighted by molar-refractivity contribution is 0.627. The minimum Gasteiger partial charge on any atom is -0.143 e. The number of unbranched alkanes of at least 4 members (excludes halogenated alkanes) is 10. The molecule has 0 saturated carbocycles. The Hall–Kier alpha value is -0.720. The Kier molecular flexibility index (Phi) is 13.0. The molecule has 1 aromatic carbocycles. The van der Waals surface area contributed by atoms with Gasteiger partial charge >= 0.3 is 0 Å². The van der Waals surface area contributed by atoms with Gasteiger partial charge in [-0.15, -0.1) is 57.5 Å². The van der Waals surface area contributed by atoms with Crippen LogP contribution >= 0.6 is 57.5 Å². The number of rotatable bonds is 18. The summed E-state index contributed by atoms with van der Waals surface area (Å²) in [5, 5.41) is 7.40. The van der Waals surface area contributed by atoms with Crippen LogP contribution in [0.25, 0.3) is 30.3 Å². The Morgan fingerprint density at radius 2 is 1.16 bits per heavy atom. The first kappa shape index (κ1) is 29.3. The molecule has 0 aliphatic heterocycles. The van der Waals surface area contributed by atoms with Crippen LogP contribution < -0.4 is 0 Å². The minimum absolute atomic E-state index is 1.23. The molecular weight excluding hydrogens is 545 g/mol. The van der Waals surface area contributed by atoms with Crippen LogP contribution in [0.15, 0.2) is 56.9 Å². The van der Waals surface area contributed by atoms with Gasteiger partial charge in [0.1, 0.15) is 0 Å². The largest absolute Gasteiger partial charge is 0.143 e. The van der Waals surface area contributed by atoms with Crippen molar-refractivity contribution in [1.29, 1.82) is 0 Å². The lowest BCUT2D eigenvalue weighted by Gasteiger charge is -2.13. The Balaban J connectivity index is 1.59. The van der Waals surface area contributed by atoms with Crippen molar-refractivity contribution in [2.45, 2.75) is 101 Å². The van der Waals surface area contributed by atoms with Gasteiger partial charge in [-0.25, -0.2) is 0 Å². The number of thiophene rings is 3. The predicted octanol–water partition coefficient (Wildman–Crippen LogP) is 13.3. The van der Waals surface area contributed by atoms with E-state index in [0.29, 0.717) is 0 Å². The molecule has 0 spiro atoms. The van der Waals surface area contributed by atoms with Crippen LogP contribution in [0.2, 0.25) is 0 Å². The van der Waals surface area contributed by atoms with Gasteiger partial charge in [0.2, 0.25) is 0 Å². The fourth-order valence-electron chi connectivity index (χ4n) is 4.74. The maximum absolute atomic E-state index is 2.44. The highest BCUT2D eigenvalue weighted by Crippen LogP contribution is 2.51. The molecule has 4 aromatic rings. The van der Waals surface area contributed by atoms with Crippen molar-refractivity contribution in [3.63, 3.8) is 0 Å². The van der Waals surface area contributed by atoms with E-state index in [1.807, 2.05) is 34.0 Å². The number of thioether (sulfide) groups is 2. The molecule has 3 aromatic heterocycles. The van der Waals surface area contributed by atoms with Gasteiger partial charge in [-0.2, -0.15) is 0 Å². The standard InChI is InChI=1S/C32H42S5/c1-3-5-7-9-11-13-21-33-28-20-19-25-29(31(28)36-22-14-12-10-8-6-4-2)32(27-18-16-24-35-27)37-30(25)26-17-15-23-34-26/h15-20,23-24H,3-14,21-22H2,1-2H3. The van der Waals surface area contributed by atoms with E-state index in [0.717, 1.165) is 0 Å². The third-order valence-electron chi connectivity index (χ3n) is 6.79. The van der Waals surface area contributed by atoms with E-state index in [-0.39, 0.29) is 0 Å². The van der Waals surface area contributed by atoms with Crippen LogP contribution in [0.5, 0.6) is 0 Å². The van der Waals surface area contributed by atoms with Crippen LogP contribution in [0.4, 0.5) is 0 Å². The van der Waals surface area contributed by atoms with Crippen molar-refractivity contribution in [2.75, 3.05) is 11.5 Å². The van der Waals surface area contributed by atoms with E-state index in [1.165, 1.54) is 124 Å². The second-order valence-electron chi connectivity index (χ2n) is 9.76. The monoisotopic (exact) mass is 586 g/mol. The van der Waals surface area contributed by atoms with Gasteiger partial charge in [-0.3, -0.25) is 0 Å². The lowest BCUT2D eigenvalue weighted by atomic mass is 10.1. The highest BCUT2D eigenvalue weighted by molar-refractivity contribution is 8.02. The zero-order valence-corrected chi connectivity index (χ0v) is 26.6. The highest BCUT2D eigenvalue weighted by atomic mass is 32.2. The van der Waals surface area contributed by atoms with Crippen molar-refractivity contribution < 1.29 is 0 Å². The molecule has 0 amide bonds. The average molecular weight is 587 g/mol. The topological polar surface area (TPSA) is 0 Å². The predicted molar refractivity (Wildman–Crippen MR) is 177 cm³/mol. The molecule has 5 heteroatoms. The minimum atomic E-state index is 1.23. The normalized spacial score (nSPS) is 11.6. The van der Waals surface area contributed by atoms with E-state index in [1.54, 1.807) is 4.90 Å². The number of benzene rings is 1. The highest BCUT2D eigenvalue weighted by Gasteiger charge is 2.21. The Labute approximate surface area is 245 Å². The zero-order valence-electron chi connectivity index (χ0n) is 22.6. The second kappa shape index (κ2) is 16.4. The van der Waals surface area contributed by atoms with Gasteiger partial charge in [-0.05, 0) is 53.3 Å². The third kappa shape index (κ3) is 8.38. The van der Waals surface area contributed by atoms with Crippen LogP contribution in [0, 0.1) is 0 Å². The quantitative estimate of drug-likeness (QED) is 0.0840. The molecule has 0 nitrogen and oxygen atoms in total. The Bertz CT molecular complexity index is 1150. The Morgan fingerprint density at radius 1 is 0.595 bits per heavy atom. The zero-order chi connectivity index (χ0) is 25.7. The summed E-state index contributed by atoms with van der Waals surface area (Å²) in [5.41, 5.74) is 0. The SMILES string of the molecule is CCCCCCCCSc1ccc2c(-c3cccs3)sc(-c3cccs3)c2c1SCCCCCCCC. The van der Waals surface area contributed by atoms with Gasteiger partial charge in [0.05, 0.1) is 9.75 Å². The summed E-state index contributed by atoms with van der Waals surface area (Å²) in [6, 6.07) is 13.9. The molecule has 0 bridgehead atoms. The Morgan fingerprint density at radius 3 is 1.76 bits per heavy atom. The number of hydrogen-bond acceptors (Lipinski definition) is 5. The average Bonchev–Trinajstić information content (AvgIpc) is 3.69. The first-order valence-corrected chi connectivity index (χ1v) is 18.8. The maximum Gasteiger partial charge on any atom is 0.0539 e. The molecular formula is C32H42S5. The number of hydrogen-bond donors (Lipinski definition) is 0. The molecule has 0 atom stereocenters. The van der Waals surface area contributed by atoms with E-state index < -0.39 is 0 Å². The van der Waals surface area contributed by atoms with Crippen LogP contribution in [-0.4, -0.2) is 11.5 Å². The van der Waals surface area contributed by atoms with Crippen molar-refractivity contribution in [1.82, 2.24) is 0 Å². The van der Waals surface area contributed by atoms with E-state index in [2.05, 4.69) is 84.5 Å². The maximum atomic E-state index is 2.44. The molecule has 0 aliphatic rings. The fraction of sp³-hybridized carbons (Fsp3) is 0.500. The van der Waals surface area contributed by atoms with Crippen LogP contribution in [0.3, 0.4) is 0 Å². The smallest absolute Gasteiger partial charge is 0.0539 e. The van der Waals surface area contributed by atoms with Crippen LogP contribution in [-0.2, 0) is 0 Å². The first-order valence-electron chi connectivity index (χ1n) is 14.3.